The molecule has 0 aliphatic heterocycles. The van der Waals surface area contributed by atoms with Gasteiger partial charge in [0.15, 0.2) is 0 Å². The molecule has 0 heteroatoms. The van der Waals surface area contributed by atoms with E-state index in [4.69, 9.17) is 0 Å². The lowest BCUT2D eigenvalue weighted by atomic mass is 9.75. The minimum absolute atomic E-state index is 1.01. The zero-order valence-electron chi connectivity index (χ0n) is 18.8. The van der Waals surface area contributed by atoms with Crippen LogP contribution in [0.2, 0.25) is 0 Å². The molecule has 0 bridgehead atoms. The Balaban J connectivity index is 0.000000613. The average Bonchev–Trinajstić information content (AvgIpc) is 3.04. The molecule has 152 valence electrons. The first-order chi connectivity index (χ1) is 12.5. The molecule has 0 aromatic heterocycles. The van der Waals surface area contributed by atoms with E-state index in [1.807, 2.05) is 0 Å². The molecule has 4 aliphatic carbocycles. The lowest BCUT2D eigenvalue weighted by molar-refractivity contribution is 0.190. The van der Waals surface area contributed by atoms with Crippen LogP contribution in [0.5, 0.6) is 0 Å². The summed E-state index contributed by atoms with van der Waals surface area (Å²) in [6, 6.07) is 0. The second kappa shape index (κ2) is 9.00. The first-order valence-electron chi connectivity index (χ1n) is 12.5. The van der Waals surface area contributed by atoms with E-state index in [2.05, 4.69) is 41.5 Å². The number of fused-ring (bicyclic) bond motifs is 2. The van der Waals surface area contributed by atoms with Gasteiger partial charge in [-0.2, -0.15) is 0 Å². The fourth-order valence-corrected chi connectivity index (χ4v) is 8.39. The van der Waals surface area contributed by atoms with E-state index in [0.29, 0.717) is 0 Å². The fourth-order valence-electron chi connectivity index (χ4n) is 8.39. The summed E-state index contributed by atoms with van der Waals surface area (Å²) in [5, 5.41) is 0. The molecule has 4 aliphatic rings. The van der Waals surface area contributed by atoms with Crippen molar-refractivity contribution in [2.45, 2.75) is 106 Å². The predicted octanol–water partition coefficient (Wildman–Crippen LogP) is 8.21. The van der Waals surface area contributed by atoms with Gasteiger partial charge in [-0.3, -0.25) is 0 Å². The quantitative estimate of drug-likeness (QED) is 0.465. The van der Waals surface area contributed by atoms with Gasteiger partial charge in [-0.15, -0.1) is 0 Å². The van der Waals surface area contributed by atoms with Gasteiger partial charge in [0.05, 0.1) is 0 Å². The highest BCUT2D eigenvalue weighted by atomic mass is 14.6. The van der Waals surface area contributed by atoms with Crippen molar-refractivity contribution in [2.24, 2.45) is 59.2 Å². The van der Waals surface area contributed by atoms with Crippen molar-refractivity contribution in [3.05, 3.63) is 0 Å². The van der Waals surface area contributed by atoms with Gasteiger partial charge in [-0.05, 0) is 91.3 Å². The third-order valence-corrected chi connectivity index (χ3v) is 9.70. The summed E-state index contributed by atoms with van der Waals surface area (Å²) < 4.78 is 0. The van der Waals surface area contributed by atoms with Crippen LogP contribution in [0, 0.1) is 59.2 Å². The third-order valence-electron chi connectivity index (χ3n) is 9.70. The van der Waals surface area contributed by atoms with Crippen LogP contribution < -0.4 is 0 Å². The zero-order valence-corrected chi connectivity index (χ0v) is 18.8. The van der Waals surface area contributed by atoms with Crippen LogP contribution >= 0.6 is 0 Å². The Morgan fingerprint density at radius 1 is 0.500 bits per heavy atom. The Kier molecular flexibility index (Phi) is 7.17. The predicted molar refractivity (Wildman–Crippen MR) is 115 cm³/mol. The molecule has 0 nitrogen and oxygen atoms in total. The van der Waals surface area contributed by atoms with Gasteiger partial charge in [-0.25, -0.2) is 0 Å². The minimum atomic E-state index is 1.01. The summed E-state index contributed by atoms with van der Waals surface area (Å²) in [6.07, 6.45) is 15.1. The average molecular weight is 361 g/mol. The van der Waals surface area contributed by atoms with E-state index in [1.165, 1.54) is 32.1 Å². The fraction of sp³-hybridized carbons (Fsp3) is 1.00. The van der Waals surface area contributed by atoms with Crippen molar-refractivity contribution < 1.29 is 0 Å². The van der Waals surface area contributed by atoms with Gasteiger partial charge >= 0.3 is 0 Å². The van der Waals surface area contributed by atoms with Crippen molar-refractivity contribution in [1.29, 1.82) is 0 Å². The van der Waals surface area contributed by atoms with Crippen molar-refractivity contribution in [3.63, 3.8) is 0 Å². The minimum Gasteiger partial charge on any atom is -0.0656 e. The Morgan fingerprint density at radius 3 is 0.962 bits per heavy atom. The lowest BCUT2D eigenvalue weighted by Crippen LogP contribution is -2.23. The number of hydrogen-bond acceptors (Lipinski definition) is 0. The highest BCUT2D eigenvalue weighted by Crippen LogP contribution is 2.59. The molecule has 8 atom stereocenters. The molecule has 0 radical (unpaired) electrons. The van der Waals surface area contributed by atoms with Crippen LogP contribution in [0.3, 0.4) is 0 Å². The largest absolute Gasteiger partial charge is 0.0656 e. The van der Waals surface area contributed by atoms with Crippen molar-refractivity contribution >= 4 is 0 Å². The summed E-state index contributed by atoms with van der Waals surface area (Å²) in [4.78, 5) is 0. The smallest absolute Gasteiger partial charge is 0.0354 e. The molecule has 0 spiro atoms. The van der Waals surface area contributed by atoms with Gasteiger partial charge in [0.2, 0.25) is 0 Å². The standard InChI is InChI=1S/C23H40.C3H8/c1-14-18-9-5-6-10-19(18)15(2)22(14)13-23-16(3)20-11-7-8-12-21(20)17(23)4;1-3-2/h14-23H,5-13H2,1-4H3;3H2,1-2H3. The van der Waals surface area contributed by atoms with Crippen molar-refractivity contribution in [3.8, 4) is 0 Å². The maximum absolute atomic E-state index is 2.63. The molecule has 0 aromatic carbocycles. The van der Waals surface area contributed by atoms with Gasteiger partial charge in [-0.1, -0.05) is 73.6 Å². The summed E-state index contributed by atoms with van der Waals surface area (Å²) in [6.45, 7) is 14.8. The number of hydrogen-bond donors (Lipinski definition) is 0. The maximum atomic E-state index is 2.63. The second-order valence-electron chi connectivity index (χ2n) is 10.9. The highest BCUT2D eigenvalue weighted by molar-refractivity contribution is 5.00. The molecule has 0 amide bonds. The Labute approximate surface area is 165 Å². The van der Waals surface area contributed by atoms with Gasteiger partial charge in [0, 0.05) is 0 Å². The molecule has 0 saturated heterocycles. The maximum Gasteiger partial charge on any atom is -0.0354 e. The molecule has 0 aromatic rings. The van der Waals surface area contributed by atoms with Crippen LogP contribution in [0.4, 0.5) is 0 Å². The topological polar surface area (TPSA) is 0 Å². The summed E-state index contributed by atoms with van der Waals surface area (Å²) >= 11 is 0. The van der Waals surface area contributed by atoms with Crippen molar-refractivity contribution in [2.75, 3.05) is 0 Å². The molecule has 4 rings (SSSR count). The first-order valence-corrected chi connectivity index (χ1v) is 12.5. The van der Waals surface area contributed by atoms with Crippen LogP contribution in [-0.4, -0.2) is 0 Å². The van der Waals surface area contributed by atoms with E-state index in [0.717, 1.165) is 59.2 Å². The van der Waals surface area contributed by atoms with Gasteiger partial charge < -0.3 is 0 Å². The zero-order chi connectivity index (χ0) is 18.8. The van der Waals surface area contributed by atoms with Crippen molar-refractivity contribution in [1.82, 2.24) is 0 Å². The Bertz CT molecular complexity index is 352. The molecular formula is C26H48. The SMILES string of the molecule is CC1C(CC2C(C)C3CCCCC3C2C)C(C)C2CCCCC12.CCC. The third kappa shape index (κ3) is 3.77. The Hall–Kier alpha value is 0. The van der Waals surface area contributed by atoms with E-state index < -0.39 is 0 Å². The molecular weight excluding hydrogens is 312 g/mol. The highest BCUT2D eigenvalue weighted by Gasteiger charge is 2.51. The normalized spacial score (nSPS) is 50.5. The Morgan fingerprint density at radius 2 is 0.731 bits per heavy atom. The summed E-state index contributed by atoms with van der Waals surface area (Å²) in [5.74, 6) is 10.5. The van der Waals surface area contributed by atoms with Crippen LogP contribution in [0.25, 0.3) is 0 Å². The molecule has 0 N–H and O–H groups in total. The first kappa shape index (κ1) is 20.7. The lowest BCUT2D eigenvalue weighted by Gasteiger charge is -2.30. The van der Waals surface area contributed by atoms with Crippen LogP contribution in [0.1, 0.15) is 106 Å². The van der Waals surface area contributed by atoms with E-state index in [9.17, 15) is 0 Å². The number of rotatable bonds is 2. The van der Waals surface area contributed by atoms with Crippen LogP contribution in [0.15, 0.2) is 0 Å². The van der Waals surface area contributed by atoms with Gasteiger partial charge in [0.1, 0.15) is 0 Å². The van der Waals surface area contributed by atoms with Crippen LogP contribution in [-0.2, 0) is 0 Å². The van der Waals surface area contributed by atoms with E-state index in [-0.39, 0.29) is 0 Å². The molecule has 8 unspecified atom stereocenters. The van der Waals surface area contributed by atoms with E-state index in [1.54, 1.807) is 32.1 Å². The summed E-state index contributed by atoms with van der Waals surface area (Å²) in [5.41, 5.74) is 0. The molecule has 26 heavy (non-hydrogen) atoms. The molecule has 0 heterocycles. The molecule has 4 fully saturated rings. The van der Waals surface area contributed by atoms with E-state index >= 15 is 0 Å². The summed E-state index contributed by atoms with van der Waals surface area (Å²) in [7, 11) is 0. The molecule has 4 saturated carbocycles. The second-order valence-corrected chi connectivity index (χ2v) is 10.9. The van der Waals surface area contributed by atoms with Gasteiger partial charge in [0.25, 0.3) is 0 Å². The monoisotopic (exact) mass is 360 g/mol.